The lowest BCUT2D eigenvalue weighted by molar-refractivity contribution is -0.875. The predicted molar refractivity (Wildman–Crippen MR) is 105 cm³/mol. The first-order chi connectivity index (χ1) is 13.3. The van der Waals surface area contributed by atoms with E-state index >= 15 is 0 Å². The lowest BCUT2D eigenvalue weighted by Crippen LogP contribution is -2.61. The maximum absolute atomic E-state index is 13.1. The van der Waals surface area contributed by atoms with Crippen LogP contribution in [0.4, 0.5) is 4.79 Å². The Morgan fingerprint density at radius 2 is 1.76 bits per heavy atom. The summed E-state index contributed by atoms with van der Waals surface area (Å²) in [6.07, 6.45) is -1.43. The smallest absolute Gasteiger partial charge is 0.408 e. The monoisotopic (exact) mass is 408 g/mol. The second kappa shape index (κ2) is 10.4. The molecule has 0 unspecified atom stereocenters. The zero-order chi connectivity index (χ0) is 22.2. The number of likely N-dealkylation sites (N-methyl/N-ethyl adjacent to an activating group) is 1. The van der Waals surface area contributed by atoms with Crippen molar-refractivity contribution in [1.82, 2.24) is 5.32 Å². The number of quaternary nitrogens is 1. The van der Waals surface area contributed by atoms with Gasteiger partial charge in [-0.3, -0.25) is 4.79 Å². The molecule has 1 rings (SSSR count). The van der Waals surface area contributed by atoms with E-state index in [-0.39, 0.29) is 30.0 Å². The van der Waals surface area contributed by atoms with Crippen molar-refractivity contribution in [2.45, 2.75) is 44.9 Å². The van der Waals surface area contributed by atoms with Crippen molar-refractivity contribution in [2.24, 2.45) is 5.92 Å². The van der Waals surface area contributed by atoms with E-state index in [0.29, 0.717) is 0 Å². The molecule has 0 fully saturated rings. The van der Waals surface area contributed by atoms with Crippen LogP contribution in [0.15, 0.2) is 30.3 Å². The van der Waals surface area contributed by atoms with Gasteiger partial charge in [0.1, 0.15) is 13.2 Å². The molecular weight excluding hydrogens is 376 g/mol. The zero-order valence-electron chi connectivity index (χ0n) is 17.8. The van der Waals surface area contributed by atoms with Crippen LogP contribution in [-0.4, -0.2) is 66.8 Å². The third kappa shape index (κ3) is 9.06. The number of carboxylic acid groups (broad SMARTS) is 1. The maximum atomic E-state index is 13.1. The fraction of sp³-hybridized carbons (Fsp3) is 0.571. The lowest BCUT2D eigenvalue weighted by atomic mass is 9.85. The van der Waals surface area contributed by atoms with Gasteiger partial charge >= 0.3 is 6.09 Å². The highest BCUT2D eigenvalue weighted by molar-refractivity contribution is 5.96. The highest BCUT2D eigenvalue weighted by Gasteiger charge is 2.45. The number of carbonyl (C=O) groups is 3. The minimum absolute atomic E-state index is 0.00898. The minimum atomic E-state index is -2.18. The van der Waals surface area contributed by atoms with E-state index in [1.165, 1.54) is 0 Å². The molecule has 1 aromatic rings. The van der Waals surface area contributed by atoms with Crippen molar-refractivity contribution < 1.29 is 33.8 Å². The van der Waals surface area contributed by atoms with Crippen molar-refractivity contribution in [2.75, 3.05) is 27.7 Å². The summed E-state index contributed by atoms with van der Waals surface area (Å²) in [6, 6.07) is 7.97. The molecule has 0 aromatic heterocycles. The molecule has 1 amide bonds. The quantitative estimate of drug-likeness (QED) is 0.515. The Labute approximate surface area is 172 Å². The summed E-state index contributed by atoms with van der Waals surface area (Å²) >= 11 is 0. The van der Waals surface area contributed by atoms with Crippen LogP contribution in [0.25, 0.3) is 0 Å². The predicted octanol–water partition coefficient (Wildman–Crippen LogP) is 0.474. The lowest BCUT2D eigenvalue weighted by Gasteiger charge is -2.37. The molecule has 1 aromatic carbocycles. The number of aliphatic hydroxyl groups is 1. The number of alkyl carbamates (subject to hydrolysis) is 1. The molecule has 0 aliphatic heterocycles. The SMILES string of the molecule is CC(C)C[C@H](NC(=O)OCc1ccccc1)C(=O)[C@@](O)(CC(=O)[O-])C[N+](C)(C)C. The molecule has 162 valence electrons. The number of carboxylic acids is 1. The van der Waals surface area contributed by atoms with Crippen LogP contribution in [0.3, 0.4) is 0 Å². The molecule has 0 aliphatic rings. The number of nitrogens with zero attached hydrogens (tertiary/aromatic N) is 1. The molecule has 0 radical (unpaired) electrons. The summed E-state index contributed by atoms with van der Waals surface area (Å²) in [5.74, 6) is -2.29. The van der Waals surface area contributed by atoms with Gasteiger partial charge in [-0.2, -0.15) is 0 Å². The van der Waals surface area contributed by atoms with Crippen LogP contribution in [0.1, 0.15) is 32.3 Å². The number of amides is 1. The van der Waals surface area contributed by atoms with Gasteiger partial charge in [0, 0.05) is 12.4 Å². The second-order valence-corrected chi connectivity index (χ2v) is 8.78. The van der Waals surface area contributed by atoms with Gasteiger partial charge in [-0.25, -0.2) is 4.79 Å². The highest BCUT2D eigenvalue weighted by atomic mass is 16.5. The van der Waals surface area contributed by atoms with Crippen LogP contribution >= 0.6 is 0 Å². The normalized spacial score (nSPS) is 14.7. The number of Topliss-reactive ketones (excluding diaryl/α,β-unsaturated/α-hetero) is 1. The largest absolute Gasteiger partial charge is 0.550 e. The van der Waals surface area contributed by atoms with Crippen LogP contribution in [-0.2, 0) is 20.9 Å². The van der Waals surface area contributed by atoms with Gasteiger partial charge in [-0.1, -0.05) is 44.2 Å². The molecule has 2 N–H and O–H groups in total. The van der Waals surface area contributed by atoms with E-state index in [1.807, 2.05) is 32.0 Å². The van der Waals surface area contributed by atoms with E-state index in [2.05, 4.69) is 5.32 Å². The summed E-state index contributed by atoms with van der Waals surface area (Å²) in [4.78, 5) is 36.5. The molecule has 29 heavy (non-hydrogen) atoms. The molecule has 0 saturated heterocycles. The number of nitrogens with one attached hydrogen (secondary N) is 1. The van der Waals surface area contributed by atoms with Crippen LogP contribution in [0.2, 0.25) is 0 Å². The fourth-order valence-corrected chi connectivity index (χ4v) is 3.18. The van der Waals surface area contributed by atoms with Crippen molar-refractivity contribution >= 4 is 17.8 Å². The number of aliphatic carboxylic acids is 1. The van der Waals surface area contributed by atoms with Gasteiger partial charge in [0.15, 0.2) is 11.4 Å². The molecule has 8 heteroatoms. The van der Waals surface area contributed by atoms with E-state index in [4.69, 9.17) is 4.74 Å². The van der Waals surface area contributed by atoms with Gasteiger partial charge < -0.3 is 29.5 Å². The number of benzene rings is 1. The molecule has 0 saturated carbocycles. The maximum Gasteiger partial charge on any atom is 0.408 e. The Morgan fingerprint density at radius 3 is 2.24 bits per heavy atom. The Hall–Kier alpha value is -2.45. The number of rotatable bonds is 11. The Bertz CT molecular complexity index is 699. The number of hydrogen-bond donors (Lipinski definition) is 2. The topological polar surface area (TPSA) is 116 Å². The molecule has 0 bridgehead atoms. The van der Waals surface area contributed by atoms with Crippen LogP contribution in [0.5, 0.6) is 0 Å². The van der Waals surface area contributed by atoms with Gasteiger partial charge in [0.05, 0.1) is 27.2 Å². The number of ether oxygens (including phenoxy) is 1. The summed E-state index contributed by atoms with van der Waals surface area (Å²) in [5, 5.41) is 24.6. The van der Waals surface area contributed by atoms with E-state index in [1.54, 1.807) is 33.3 Å². The number of carbonyl (C=O) groups excluding carboxylic acids is 3. The van der Waals surface area contributed by atoms with Crippen LogP contribution in [0, 0.1) is 5.92 Å². The molecule has 0 spiro atoms. The molecule has 0 aliphatic carbocycles. The van der Waals surface area contributed by atoms with Gasteiger partial charge in [0.2, 0.25) is 0 Å². The standard InChI is InChI=1S/C21H32N2O6/c1-15(2)11-17(22-20(27)29-13-16-9-7-6-8-10-16)19(26)21(28,12-18(24)25)14-23(3,4)5/h6-10,15,17,28H,11-14H2,1-5H3,(H-,22,24,25,27)/t17-,21+/m0/s1. The highest BCUT2D eigenvalue weighted by Crippen LogP contribution is 2.21. The molecule has 8 nitrogen and oxygen atoms in total. The van der Waals surface area contributed by atoms with Gasteiger partial charge in [-0.05, 0) is 17.9 Å². The van der Waals surface area contributed by atoms with Gasteiger partial charge in [0.25, 0.3) is 0 Å². The van der Waals surface area contributed by atoms with Crippen molar-refractivity contribution in [3.63, 3.8) is 0 Å². The first-order valence-corrected chi connectivity index (χ1v) is 9.56. The first-order valence-electron chi connectivity index (χ1n) is 9.56. The third-order valence-corrected chi connectivity index (χ3v) is 4.16. The Kier molecular flexibility index (Phi) is 8.79. The van der Waals surface area contributed by atoms with Gasteiger partial charge in [-0.15, -0.1) is 0 Å². The molecule has 0 heterocycles. The summed E-state index contributed by atoms with van der Waals surface area (Å²) in [7, 11) is 5.19. The zero-order valence-corrected chi connectivity index (χ0v) is 17.8. The average molecular weight is 408 g/mol. The van der Waals surface area contributed by atoms with Crippen molar-refractivity contribution in [1.29, 1.82) is 0 Å². The number of ketones is 1. The van der Waals surface area contributed by atoms with Crippen molar-refractivity contribution in [3.8, 4) is 0 Å². The van der Waals surface area contributed by atoms with Crippen molar-refractivity contribution in [3.05, 3.63) is 35.9 Å². The second-order valence-electron chi connectivity index (χ2n) is 8.78. The Morgan fingerprint density at radius 1 is 1.17 bits per heavy atom. The molecule has 2 atom stereocenters. The third-order valence-electron chi connectivity index (χ3n) is 4.16. The number of hydrogen-bond acceptors (Lipinski definition) is 6. The molecular formula is C21H32N2O6. The summed E-state index contributed by atoms with van der Waals surface area (Å²) < 4.78 is 5.32. The summed E-state index contributed by atoms with van der Waals surface area (Å²) in [6.45, 7) is 3.59. The first kappa shape index (κ1) is 24.6. The van der Waals surface area contributed by atoms with E-state index in [9.17, 15) is 24.6 Å². The van der Waals surface area contributed by atoms with E-state index in [0.717, 1.165) is 5.56 Å². The average Bonchev–Trinajstić information content (AvgIpc) is 2.57. The summed E-state index contributed by atoms with van der Waals surface area (Å²) in [5.41, 5.74) is -1.39. The fourth-order valence-electron chi connectivity index (χ4n) is 3.18. The minimum Gasteiger partial charge on any atom is -0.550 e. The van der Waals surface area contributed by atoms with Crippen LogP contribution < -0.4 is 10.4 Å². The van der Waals surface area contributed by atoms with E-state index < -0.39 is 35.9 Å². The Balaban J connectivity index is 2.96.